The normalized spacial score (nSPS) is 20.1. The molecular formula is C12H16N2O3. The van der Waals surface area contributed by atoms with Crippen LogP contribution >= 0.6 is 0 Å². The van der Waals surface area contributed by atoms with Crippen molar-refractivity contribution in [1.82, 2.24) is 9.88 Å². The third kappa shape index (κ3) is 2.55. The average molecular weight is 236 g/mol. The van der Waals surface area contributed by atoms with Crippen molar-refractivity contribution in [3.05, 3.63) is 24.0 Å². The SMILES string of the molecule is COc1cnccc1C(=O)N1CCC[C@H](O)C1. The molecule has 0 aromatic carbocycles. The Bertz CT molecular complexity index is 408. The Labute approximate surface area is 100 Å². The fraction of sp³-hybridized carbons (Fsp3) is 0.500. The molecule has 0 saturated carbocycles. The van der Waals surface area contributed by atoms with Gasteiger partial charge in [0.1, 0.15) is 5.75 Å². The summed E-state index contributed by atoms with van der Waals surface area (Å²) < 4.78 is 5.11. The van der Waals surface area contributed by atoms with E-state index < -0.39 is 6.10 Å². The summed E-state index contributed by atoms with van der Waals surface area (Å²) in [4.78, 5) is 17.8. The van der Waals surface area contributed by atoms with Gasteiger partial charge in [-0.3, -0.25) is 9.78 Å². The third-order valence-corrected chi connectivity index (χ3v) is 2.92. The zero-order chi connectivity index (χ0) is 12.3. The maximum Gasteiger partial charge on any atom is 0.257 e. The Morgan fingerprint density at radius 2 is 2.47 bits per heavy atom. The van der Waals surface area contributed by atoms with E-state index in [1.807, 2.05) is 0 Å². The number of carbonyl (C=O) groups is 1. The topological polar surface area (TPSA) is 62.7 Å². The zero-order valence-corrected chi connectivity index (χ0v) is 9.80. The summed E-state index contributed by atoms with van der Waals surface area (Å²) in [7, 11) is 1.51. The molecule has 5 nitrogen and oxygen atoms in total. The molecule has 1 aromatic rings. The first kappa shape index (κ1) is 11.9. The number of carbonyl (C=O) groups excluding carboxylic acids is 1. The number of piperidine rings is 1. The smallest absolute Gasteiger partial charge is 0.257 e. The molecule has 1 amide bonds. The second kappa shape index (κ2) is 5.14. The second-order valence-corrected chi connectivity index (χ2v) is 4.12. The van der Waals surface area contributed by atoms with E-state index in [0.717, 1.165) is 12.8 Å². The largest absolute Gasteiger partial charge is 0.494 e. The number of methoxy groups -OCH3 is 1. The number of ether oxygens (including phenoxy) is 1. The Morgan fingerprint density at radius 3 is 3.18 bits per heavy atom. The molecule has 0 aliphatic carbocycles. The second-order valence-electron chi connectivity index (χ2n) is 4.12. The van der Waals surface area contributed by atoms with Gasteiger partial charge in [-0.25, -0.2) is 0 Å². The minimum absolute atomic E-state index is 0.108. The minimum atomic E-state index is -0.416. The van der Waals surface area contributed by atoms with E-state index >= 15 is 0 Å². The predicted molar refractivity (Wildman–Crippen MR) is 61.9 cm³/mol. The van der Waals surface area contributed by atoms with E-state index in [4.69, 9.17) is 4.74 Å². The Morgan fingerprint density at radius 1 is 1.65 bits per heavy atom. The van der Waals surface area contributed by atoms with Crippen LogP contribution < -0.4 is 4.74 Å². The van der Waals surface area contributed by atoms with E-state index in [2.05, 4.69) is 4.98 Å². The zero-order valence-electron chi connectivity index (χ0n) is 9.80. The van der Waals surface area contributed by atoms with Crippen molar-refractivity contribution in [1.29, 1.82) is 0 Å². The van der Waals surface area contributed by atoms with Crippen LogP contribution in [0.15, 0.2) is 18.5 Å². The van der Waals surface area contributed by atoms with Crippen molar-refractivity contribution in [3.63, 3.8) is 0 Å². The van der Waals surface area contributed by atoms with E-state index in [9.17, 15) is 9.90 Å². The number of likely N-dealkylation sites (tertiary alicyclic amines) is 1. The van der Waals surface area contributed by atoms with Gasteiger partial charge in [0.15, 0.2) is 0 Å². The summed E-state index contributed by atoms with van der Waals surface area (Å²) in [5.74, 6) is 0.362. The number of hydrogen-bond donors (Lipinski definition) is 1. The highest BCUT2D eigenvalue weighted by Gasteiger charge is 2.24. The Kier molecular flexibility index (Phi) is 3.58. The van der Waals surface area contributed by atoms with Crippen molar-refractivity contribution >= 4 is 5.91 Å². The summed E-state index contributed by atoms with van der Waals surface area (Å²) in [6, 6.07) is 1.64. The molecule has 2 rings (SSSR count). The standard InChI is InChI=1S/C12H16N2O3/c1-17-11-7-13-5-4-10(11)12(16)14-6-2-3-9(15)8-14/h4-5,7,9,15H,2-3,6,8H2,1H3/t9-/m0/s1. The quantitative estimate of drug-likeness (QED) is 0.820. The van der Waals surface area contributed by atoms with E-state index in [0.29, 0.717) is 24.4 Å². The summed E-state index contributed by atoms with van der Waals surface area (Å²) in [5.41, 5.74) is 0.497. The fourth-order valence-electron chi connectivity index (χ4n) is 2.03. The molecule has 1 aromatic heterocycles. The first-order valence-electron chi connectivity index (χ1n) is 5.67. The van der Waals surface area contributed by atoms with E-state index in [1.165, 1.54) is 13.3 Å². The van der Waals surface area contributed by atoms with Crippen molar-refractivity contribution < 1.29 is 14.6 Å². The number of aromatic nitrogens is 1. The molecule has 1 aliphatic rings. The number of aliphatic hydroxyl groups excluding tert-OH is 1. The van der Waals surface area contributed by atoms with Gasteiger partial charge in [0.25, 0.3) is 5.91 Å². The maximum atomic E-state index is 12.2. The number of amides is 1. The van der Waals surface area contributed by atoms with Crippen LogP contribution in [-0.2, 0) is 0 Å². The van der Waals surface area contributed by atoms with Crippen molar-refractivity contribution in [2.75, 3.05) is 20.2 Å². The van der Waals surface area contributed by atoms with Crippen LogP contribution in [-0.4, -0.2) is 47.2 Å². The molecule has 1 aliphatic heterocycles. The molecule has 0 unspecified atom stereocenters. The average Bonchev–Trinajstić information content (AvgIpc) is 2.38. The molecule has 1 atom stereocenters. The van der Waals surface area contributed by atoms with Gasteiger partial charge in [-0.15, -0.1) is 0 Å². The lowest BCUT2D eigenvalue weighted by Gasteiger charge is -2.30. The molecule has 5 heteroatoms. The van der Waals surface area contributed by atoms with Crippen molar-refractivity contribution in [2.45, 2.75) is 18.9 Å². The summed E-state index contributed by atoms with van der Waals surface area (Å²) in [5, 5.41) is 9.56. The summed E-state index contributed by atoms with van der Waals surface area (Å²) >= 11 is 0. The molecule has 0 spiro atoms. The fourth-order valence-corrected chi connectivity index (χ4v) is 2.03. The molecule has 0 radical (unpaired) electrons. The van der Waals surface area contributed by atoms with Gasteiger partial charge in [-0.05, 0) is 18.9 Å². The van der Waals surface area contributed by atoms with Crippen LogP contribution in [0.4, 0.5) is 0 Å². The van der Waals surface area contributed by atoms with Gasteiger partial charge in [0.2, 0.25) is 0 Å². The van der Waals surface area contributed by atoms with Gasteiger partial charge in [-0.1, -0.05) is 0 Å². The van der Waals surface area contributed by atoms with Crippen molar-refractivity contribution in [3.8, 4) is 5.75 Å². The lowest BCUT2D eigenvalue weighted by molar-refractivity contribution is 0.0471. The molecular weight excluding hydrogens is 220 g/mol. The number of pyridine rings is 1. The highest BCUT2D eigenvalue weighted by molar-refractivity contribution is 5.96. The van der Waals surface area contributed by atoms with Crippen LogP contribution in [0, 0.1) is 0 Å². The van der Waals surface area contributed by atoms with Crippen LogP contribution in [0.2, 0.25) is 0 Å². The number of hydrogen-bond acceptors (Lipinski definition) is 4. The molecule has 92 valence electrons. The molecule has 1 fully saturated rings. The molecule has 1 saturated heterocycles. The Balaban J connectivity index is 2.18. The number of rotatable bonds is 2. The van der Waals surface area contributed by atoms with E-state index in [-0.39, 0.29) is 5.91 Å². The summed E-state index contributed by atoms with van der Waals surface area (Å²) in [6.45, 7) is 1.08. The number of aliphatic hydroxyl groups is 1. The van der Waals surface area contributed by atoms with E-state index in [1.54, 1.807) is 17.2 Å². The molecule has 1 N–H and O–H groups in total. The maximum absolute atomic E-state index is 12.2. The monoisotopic (exact) mass is 236 g/mol. The number of β-amino-alcohol motifs (C(OH)–C–C–N with tert-alkyl or cyclic N) is 1. The number of nitrogens with zero attached hydrogens (tertiary/aromatic N) is 2. The van der Waals surface area contributed by atoms with Gasteiger partial charge < -0.3 is 14.7 Å². The lowest BCUT2D eigenvalue weighted by atomic mass is 10.1. The summed E-state index contributed by atoms with van der Waals surface area (Å²) in [6.07, 6.45) is 4.27. The van der Waals surface area contributed by atoms with Gasteiger partial charge in [0, 0.05) is 19.3 Å². The van der Waals surface area contributed by atoms with Gasteiger partial charge in [0.05, 0.1) is 25.0 Å². The van der Waals surface area contributed by atoms with Crippen LogP contribution in [0.5, 0.6) is 5.75 Å². The first-order valence-corrected chi connectivity index (χ1v) is 5.67. The molecule has 0 bridgehead atoms. The lowest BCUT2D eigenvalue weighted by Crippen LogP contribution is -2.42. The highest BCUT2D eigenvalue weighted by Crippen LogP contribution is 2.20. The van der Waals surface area contributed by atoms with Crippen LogP contribution in [0.3, 0.4) is 0 Å². The molecule has 17 heavy (non-hydrogen) atoms. The Hall–Kier alpha value is -1.62. The van der Waals surface area contributed by atoms with Crippen LogP contribution in [0.1, 0.15) is 23.2 Å². The predicted octanol–water partition coefficient (Wildman–Crippen LogP) is 0.687. The van der Waals surface area contributed by atoms with Crippen LogP contribution in [0.25, 0.3) is 0 Å². The van der Waals surface area contributed by atoms with Gasteiger partial charge >= 0.3 is 0 Å². The van der Waals surface area contributed by atoms with Gasteiger partial charge in [-0.2, -0.15) is 0 Å². The molecule has 2 heterocycles. The van der Waals surface area contributed by atoms with Crippen molar-refractivity contribution in [2.24, 2.45) is 0 Å². The minimum Gasteiger partial charge on any atom is -0.494 e. The third-order valence-electron chi connectivity index (χ3n) is 2.92. The highest BCUT2D eigenvalue weighted by atomic mass is 16.5. The first-order chi connectivity index (χ1) is 8.22.